The molecule has 5 heteroatoms. The summed E-state index contributed by atoms with van der Waals surface area (Å²) in [5, 5.41) is 25.9. The molecule has 5 nitrogen and oxygen atoms in total. The number of piperidine rings is 1. The second kappa shape index (κ2) is 6.38. The van der Waals surface area contributed by atoms with Gasteiger partial charge >= 0.3 is 0 Å². The standard InChI is InChI=1S/C24H29NO4/c1-14-16-6-4-5-7-18(16)29-19(14)13-24-10-11-25-20(23(24,2)27)12-15-8-9-17(26)22(28-3)21(15)24/h5,7-9,20,25-27H,4,6,10-13H2,1-3H3. The van der Waals surface area contributed by atoms with E-state index < -0.39 is 11.0 Å². The number of phenols is 1. The minimum Gasteiger partial charge on any atom is -0.504 e. The van der Waals surface area contributed by atoms with Crippen LogP contribution in [0.1, 0.15) is 53.5 Å². The van der Waals surface area contributed by atoms with E-state index in [1.54, 1.807) is 13.2 Å². The van der Waals surface area contributed by atoms with Gasteiger partial charge in [-0.2, -0.15) is 0 Å². The Morgan fingerprint density at radius 3 is 2.93 bits per heavy atom. The molecular weight excluding hydrogens is 366 g/mol. The fraction of sp³-hybridized carbons (Fsp3) is 0.500. The quantitative estimate of drug-likeness (QED) is 0.743. The van der Waals surface area contributed by atoms with Crippen LogP contribution in [0.15, 0.2) is 22.6 Å². The van der Waals surface area contributed by atoms with Crippen molar-refractivity contribution in [2.75, 3.05) is 13.7 Å². The van der Waals surface area contributed by atoms with Crippen molar-refractivity contribution in [3.8, 4) is 11.5 Å². The summed E-state index contributed by atoms with van der Waals surface area (Å²) in [5.74, 6) is 2.48. The number of aromatic hydroxyl groups is 1. The van der Waals surface area contributed by atoms with Crippen LogP contribution in [0, 0.1) is 6.92 Å². The molecule has 1 fully saturated rings. The Bertz CT molecular complexity index is 1000. The third-order valence-electron chi connectivity index (χ3n) is 7.61. The number of hydrogen-bond donors (Lipinski definition) is 3. The fourth-order valence-electron chi connectivity index (χ4n) is 5.91. The van der Waals surface area contributed by atoms with Gasteiger partial charge in [0.1, 0.15) is 11.5 Å². The molecule has 2 bridgehead atoms. The van der Waals surface area contributed by atoms with E-state index >= 15 is 0 Å². The number of fused-ring (bicyclic) bond motifs is 5. The van der Waals surface area contributed by atoms with Crippen molar-refractivity contribution in [2.24, 2.45) is 0 Å². The summed E-state index contributed by atoms with van der Waals surface area (Å²) in [5.41, 5.74) is 2.92. The Kier molecular flexibility index (Phi) is 4.13. The topological polar surface area (TPSA) is 74.9 Å². The molecule has 3 atom stereocenters. The molecule has 2 heterocycles. The number of hydrogen-bond acceptors (Lipinski definition) is 5. The third-order valence-corrected chi connectivity index (χ3v) is 7.61. The van der Waals surface area contributed by atoms with Crippen LogP contribution < -0.4 is 10.1 Å². The van der Waals surface area contributed by atoms with Crippen LogP contribution in [-0.4, -0.2) is 35.5 Å². The van der Waals surface area contributed by atoms with Gasteiger partial charge in [0.25, 0.3) is 0 Å². The number of ether oxygens (including phenoxy) is 1. The van der Waals surface area contributed by atoms with E-state index in [4.69, 9.17) is 9.15 Å². The number of rotatable bonds is 3. The lowest BCUT2D eigenvalue weighted by Crippen LogP contribution is -2.70. The zero-order valence-electron chi connectivity index (χ0n) is 17.3. The number of furan rings is 1. The molecule has 3 unspecified atom stereocenters. The molecule has 0 saturated carbocycles. The summed E-state index contributed by atoms with van der Waals surface area (Å²) in [4.78, 5) is 0. The lowest BCUT2D eigenvalue weighted by Gasteiger charge is -2.57. The maximum absolute atomic E-state index is 11.9. The second-order valence-electron chi connectivity index (χ2n) is 8.95. The molecule has 5 rings (SSSR count). The molecule has 2 aromatic rings. The van der Waals surface area contributed by atoms with Gasteiger partial charge in [-0.15, -0.1) is 0 Å². The van der Waals surface area contributed by atoms with Crippen molar-refractivity contribution < 1.29 is 19.4 Å². The molecule has 3 aliphatic rings. The van der Waals surface area contributed by atoms with Gasteiger partial charge < -0.3 is 24.7 Å². The highest BCUT2D eigenvalue weighted by atomic mass is 16.5. The molecular formula is C24H29NO4. The van der Waals surface area contributed by atoms with E-state index in [1.807, 2.05) is 13.0 Å². The maximum Gasteiger partial charge on any atom is 0.164 e. The predicted octanol–water partition coefficient (Wildman–Crippen LogP) is 3.41. The van der Waals surface area contributed by atoms with Gasteiger partial charge in [-0.1, -0.05) is 12.1 Å². The van der Waals surface area contributed by atoms with Crippen LogP contribution in [0.3, 0.4) is 0 Å². The van der Waals surface area contributed by atoms with Gasteiger partial charge in [-0.05, 0) is 69.3 Å². The lowest BCUT2D eigenvalue weighted by molar-refractivity contribution is -0.0880. The molecule has 1 aliphatic heterocycles. The third kappa shape index (κ3) is 2.47. The highest BCUT2D eigenvalue weighted by Crippen LogP contribution is 2.55. The molecule has 154 valence electrons. The summed E-state index contributed by atoms with van der Waals surface area (Å²) in [6.45, 7) is 4.86. The van der Waals surface area contributed by atoms with Gasteiger partial charge in [-0.3, -0.25) is 0 Å². The summed E-state index contributed by atoms with van der Waals surface area (Å²) in [7, 11) is 1.59. The van der Waals surface area contributed by atoms with Crippen LogP contribution in [-0.2, 0) is 24.7 Å². The van der Waals surface area contributed by atoms with Crippen molar-refractivity contribution in [2.45, 2.75) is 63.0 Å². The van der Waals surface area contributed by atoms with Crippen LogP contribution in [0.2, 0.25) is 0 Å². The molecule has 3 N–H and O–H groups in total. The largest absolute Gasteiger partial charge is 0.504 e. The van der Waals surface area contributed by atoms with Crippen LogP contribution >= 0.6 is 0 Å². The van der Waals surface area contributed by atoms with E-state index in [-0.39, 0.29) is 11.8 Å². The molecule has 29 heavy (non-hydrogen) atoms. The molecule has 1 saturated heterocycles. The van der Waals surface area contributed by atoms with Crippen molar-refractivity contribution in [1.82, 2.24) is 5.32 Å². The zero-order chi connectivity index (χ0) is 20.4. The smallest absolute Gasteiger partial charge is 0.164 e. The molecule has 0 radical (unpaired) electrons. The Hall–Kier alpha value is -2.24. The highest BCUT2D eigenvalue weighted by Gasteiger charge is 2.60. The first-order chi connectivity index (χ1) is 13.9. The first-order valence-corrected chi connectivity index (χ1v) is 10.5. The number of aliphatic hydroxyl groups is 1. The van der Waals surface area contributed by atoms with Gasteiger partial charge in [0.15, 0.2) is 11.5 Å². The monoisotopic (exact) mass is 395 g/mol. The van der Waals surface area contributed by atoms with Gasteiger partial charge in [0.2, 0.25) is 0 Å². The molecule has 0 spiro atoms. The van der Waals surface area contributed by atoms with E-state index in [0.717, 1.165) is 48.5 Å². The minimum absolute atomic E-state index is 0.0530. The average molecular weight is 395 g/mol. The summed E-state index contributed by atoms with van der Waals surface area (Å²) < 4.78 is 12.0. The number of methoxy groups -OCH3 is 1. The van der Waals surface area contributed by atoms with E-state index in [2.05, 4.69) is 24.4 Å². The van der Waals surface area contributed by atoms with Crippen LogP contribution in [0.4, 0.5) is 0 Å². The van der Waals surface area contributed by atoms with Gasteiger partial charge in [0, 0.05) is 29.0 Å². The van der Waals surface area contributed by atoms with Crippen LogP contribution in [0.25, 0.3) is 6.08 Å². The van der Waals surface area contributed by atoms with Gasteiger partial charge in [0.05, 0.1) is 12.7 Å². The second-order valence-corrected chi connectivity index (χ2v) is 8.95. The number of nitrogens with one attached hydrogen (secondary N) is 1. The van der Waals surface area contributed by atoms with Crippen LogP contribution in [0.5, 0.6) is 11.5 Å². The molecule has 1 aromatic heterocycles. The van der Waals surface area contributed by atoms with Gasteiger partial charge in [-0.25, -0.2) is 0 Å². The van der Waals surface area contributed by atoms with Crippen molar-refractivity contribution >= 4 is 6.08 Å². The number of benzene rings is 1. The lowest BCUT2D eigenvalue weighted by atomic mass is 9.53. The normalized spacial score (nSPS) is 30.0. The van der Waals surface area contributed by atoms with Crippen molar-refractivity contribution in [1.29, 1.82) is 0 Å². The maximum atomic E-state index is 11.9. The Morgan fingerprint density at radius 2 is 2.17 bits per heavy atom. The van der Waals surface area contributed by atoms with Crippen molar-refractivity contribution in [3.05, 3.63) is 52.0 Å². The molecule has 1 aromatic carbocycles. The summed E-state index contributed by atoms with van der Waals surface area (Å²) in [6.07, 6.45) is 8.28. The summed E-state index contributed by atoms with van der Waals surface area (Å²) in [6, 6.07) is 3.62. The van der Waals surface area contributed by atoms with E-state index in [1.165, 1.54) is 11.1 Å². The van der Waals surface area contributed by atoms with E-state index in [0.29, 0.717) is 18.6 Å². The predicted molar refractivity (Wildman–Crippen MR) is 112 cm³/mol. The first-order valence-electron chi connectivity index (χ1n) is 10.5. The van der Waals surface area contributed by atoms with Crippen molar-refractivity contribution in [3.63, 3.8) is 0 Å². The Balaban J connectivity index is 1.72. The highest BCUT2D eigenvalue weighted by molar-refractivity contribution is 5.59. The summed E-state index contributed by atoms with van der Waals surface area (Å²) >= 11 is 0. The molecule has 0 amide bonds. The zero-order valence-corrected chi connectivity index (χ0v) is 17.3. The van der Waals surface area contributed by atoms with E-state index in [9.17, 15) is 10.2 Å². The Morgan fingerprint density at radius 1 is 1.34 bits per heavy atom. The molecule has 2 aliphatic carbocycles. The minimum atomic E-state index is -1.01. The Labute approximate surface area is 171 Å². The fourth-order valence-corrected chi connectivity index (χ4v) is 5.91. The average Bonchev–Trinajstić information content (AvgIpc) is 3.00. The SMILES string of the molecule is COc1c(O)ccc2c1C1(Cc3oc4c(c3C)CCC=C4)CCNC(C2)C1(C)O. The number of allylic oxidation sites excluding steroid dienone is 1. The number of phenolic OH excluding ortho intramolecular Hbond substituents is 1. The first kappa shape index (κ1) is 18.8.